The smallest absolute Gasteiger partial charge is 0.291 e. The summed E-state index contributed by atoms with van der Waals surface area (Å²) in [6.45, 7) is 4.38. The maximum atomic E-state index is 11.7. The molecule has 1 fully saturated rings. The van der Waals surface area contributed by atoms with Gasteiger partial charge in [0.2, 0.25) is 11.7 Å². The third-order valence-electron chi connectivity index (χ3n) is 2.57. The molecular weight excluding hydrogens is 222 g/mol. The van der Waals surface area contributed by atoms with E-state index in [0.717, 1.165) is 0 Å². The number of hydrogen-bond donors (Lipinski definition) is 3. The summed E-state index contributed by atoms with van der Waals surface area (Å²) >= 11 is 0. The molecule has 2 rings (SSSR count). The number of carbonyl (C=O) groups excluding carboxylic acids is 2. The summed E-state index contributed by atoms with van der Waals surface area (Å²) in [6.07, 6.45) is 0.313. The molecule has 0 aliphatic carbocycles. The lowest BCUT2D eigenvalue weighted by atomic mass is 10.2. The van der Waals surface area contributed by atoms with Gasteiger partial charge in [-0.05, 0) is 0 Å². The fourth-order valence-electron chi connectivity index (χ4n) is 1.59. The zero-order valence-corrected chi connectivity index (χ0v) is 9.78. The van der Waals surface area contributed by atoms with Crippen molar-refractivity contribution in [1.82, 2.24) is 25.8 Å². The molecule has 17 heavy (non-hydrogen) atoms. The van der Waals surface area contributed by atoms with Crippen LogP contribution in [0.4, 0.5) is 0 Å². The highest BCUT2D eigenvalue weighted by Gasteiger charge is 2.24. The van der Waals surface area contributed by atoms with E-state index in [4.69, 9.17) is 0 Å². The van der Waals surface area contributed by atoms with Crippen LogP contribution < -0.4 is 10.6 Å². The highest BCUT2D eigenvalue weighted by molar-refractivity contribution is 5.91. The number of amides is 2. The van der Waals surface area contributed by atoms with Crippen LogP contribution in [0.2, 0.25) is 0 Å². The molecule has 0 radical (unpaired) electrons. The van der Waals surface area contributed by atoms with Gasteiger partial charge in [-0.25, -0.2) is 4.98 Å². The summed E-state index contributed by atoms with van der Waals surface area (Å²) in [4.78, 5) is 26.8. The Kier molecular flexibility index (Phi) is 3.08. The summed E-state index contributed by atoms with van der Waals surface area (Å²) in [5.74, 6) is 0.588. The SMILES string of the molecule is CC(C)c1nc(C(=O)NC2CNC(=O)C2)n[nH]1. The van der Waals surface area contributed by atoms with Gasteiger partial charge >= 0.3 is 0 Å². The lowest BCUT2D eigenvalue weighted by molar-refractivity contribution is -0.119. The fraction of sp³-hybridized carbons (Fsp3) is 0.600. The number of aromatic amines is 1. The van der Waals surface area contributed by atoms with E-state index < -0.39 is 0 Å². The monoisotopic (exact) mass is 237 g/mol. The molecule has 1 atom stereocenters. The molecule has 1 aliphatic rings. The largest absolute Gasteiger partial charge is 0.354 e. The van der Waals surface area contributed by atoms with E-state index in [-0.39, 0.29) is 29.6 Å². The predicted octanol–water partition coefficient (Wildman–Crippen LogP) is -0.454. The normalized spacial score (nSPS) is 19.5. The van der Waals surface area contributed by atoms with E-state index in [1.165, 1.54) is 0 Å². The zero-order valence-electron chi connectivity index (χ0n) is 9.78. The Labute approximate surface area is 98.4 Å². The second-order valence-electron chi connectivity index (χ2n) is 4.38. The number of nitrogens with zero attached hydrogens (tertiary/aromatic N) is 2. The molecule has 7 heteroatoms. The van der Waals surface area contributed by atoms with Gasteiger partial charge in [0.05, 0.1) is 6.04 Å². The van der Waals surface area contributed by atoms with Crippen molar-refractivity contribution >= 4 is 11.8 Å². The fourth-order valence-corrected chi connectivity index (χ4v) is 1.59. The van der Waals surface area contributed by atoms with Crippen molar-refractivity contribution in [2.45, 2.75) is 32.2 Å². The Morgan fingerprint density at radius 3 is 2.82 bits per heavy atom. The van der Waals surface area contributed by atoms with Crippen molar-refractivity contribution in [3.05, 3.63) is 11.6 Å². The Morgan fingerprint density at radius 1 is 1.53 bits per heavy atom. The highest BCUT2D eigenvalue weighted by Crippen LogP contribution is 2.08. The van der Waals surface area contributed by atoms with Gasteiger partial charge in [0.15, 0.2) is 0 Å². The Morgan fingerprint density at radius 2 is 2.29 bits per heavy atom. The van der Waals surface area contributed by atoms with Crippen LogP contribution in [0.5, 0.6) is 0 Å². The third-order valence-corrected chi connectivity index (χ3v) is 2.57. The minimum absolute atomic E-state index is 0.0480. The number of rotatable bonds is 3. The van der Waals surface area contributed by atoms with E-state index >= 15 is 0 Å². The number of H-pyrrole nitrogens is 1. The molecule has 7 nitrogen and oxygen atoms in total. The quantitative estimate of drug-likeness (QED) is 0.662. The topological polar surface area (TPSA) is 99.8 Å². The minimum atomic E-state index is -0.352. The van der Waals surface area contributed by atoms with Crippen LogP contribution >= 0.6 is 0 Å². The van der Waals surface area contributed by atoms with Gasteiger partial charge in [-0.1, -0.05) is 13.8 Å². The van der Waals surface area contributed by atoms with Crippen molar-refractivity contribution < 1.29 is 9.59 Å². The maximum absolute atomic E-state index is 11.7. The van der Waals surface area contributed by atoms with E-state index in [9.17, 15) is 9.59 Å². The Hall–Kier alpha value is -1.92. The summed E-state index contributed by atoms with van der Waals surface area (Å²) in [6, 6.07) is -0.170. The van der Waals surface area contributed by atoms with Crippen LogP contribution in [0.1, 0.15) is 42.6 Å². The molecule has 1 aliphatic heterocycles. The molecule has 3 N–H and O–H groups in total. The molecule has 0 bridgehead atoms. The van der Waals surface area contributed by atoms with Gasteiger partial charge in [0.1, 0.15) is 5.82 Å². The van der Waals surface area contributed by atoms with Gasteiger partial charge in [0.25, 0.3) is 5.91 Å². The van der Waals surface area contributed by atoms with Crippen molar-refractivity contribution in [2.75, 3.05) is 6.54 Å². The van der Waals surface area contributed by atoms with Crippen LogP contribution in [0.3, 0.4) is 0 Å². The summed E-state index contributed by atoms with van der Waals surface area (Å²) < 4.78 is 0. The zero-order chi connectivity index (χ0) is 12.4. The van der Waals surface area contributed by atoms with E-state index in [1.54, 1.807) is 0 Å². The second kappa shape index (κ2) is 4.52. The van der Waals surface area contributed by atoms with Gasteiger partial charge in [-0.2, -0.15) is 0 Å². The number of carbonyl (C=O) groups is 2. The van der Waals surface area contributed by atoms with E-state index in [0.29, 0.717) is 18.8 Å². The first kappa shape index (κ1) is 11.6. The van der Waals surface area contributed by atoms with Crippen LogP contribution in [0, 0.1) is 0 Å². The number of nitrogens with one attached hydrogen (secondary N) is 3. The molecule has 2 amide bonds. The van der Waals surface area contributed by atoms with Gasteiger partial charge in [-0.3, -0.25) is 14.7 Å². The third kappa shape index (κ3) is 2.61. The van der Waals surface area contributed by atoms with Gasteiger partial charge < -0.3 is 10.6 Å². The maximum Gasteiger partial charge on any atom is 0.291 e. The summed E-state index contributed by atoms with van der Waals surface area (Å²) in [5.41, 5.74) is 0. The first-order chi connectivity index (χ1) is 8.06. The predicted molar refractivity (Wildman–Crippen MR) is 59.4 cm³/mol. The van der Waals surface area contributed by atoms with Crippen molar-refractivity contribution in [3.63, 3.8) is 0 Å². The van der Waals surface area contributed by atoms with Crippen molar-refractivity contribution in [1.29, 1.82) is 0 Å². The molecule has 1 aromatic rings. The van der Waals surface area contributed by atoms with Crippen LogP contribution in [0.15, 0.2) is 0 Å². The standard InChI is InChI=1S/C10H15N5O2/c1-5(2)8-13-9(15-14-8)10(17)12-6-3-7(16)11-4-6/h5-6H,3-4H2,1-2H3,(H,11,16)(H,12,17)(H,13,14,15). The first-order valence-electron chi connectivity index (χ1n) is 5.56. The number of aromatic nitrogens is 3. The minimum Gasteiger partial charge on any atom is -0.354 e. The van der Waals surface area contributed by atoms with Crippen LogP contribution in [-0.4, -0.2) is 39.6 Å². The molecule has 0 spiro atoms. The summed E-state index contributed by atoms with van der Waals surface area (Å²) in [5, 5.41) is 11.9. The molecule has 2 heterocycles. The second-order valence-corrected chi connectivity index (χ2v) is 4.38. The molecule has 1 unspecified atom stereocenters. The van der Waals surface area contributed by atoms with Crippen molar-refractivity contribution in [3.8, 4) is 0 Å². The van der Waals surface area contributed by atoms with E-state index in [2.05, 4.69) is 25.8 Å². The first-order valence-corrected chi connectivity index (χ1v) is 5.56. The Bertz CT molecular complexity index is 440. The van der Waals surface area contributed by atoms with Crippen LogP contribution in [0.25, 0.3) is 0 Å². The summed E-state index contributed by atoms with van der Waals surface area (Å²) in [7, 11) is 0. The lowest BCUT2D eigenvalue weighted by Gasteiger charge is -2.07. The molecule has 92 valence electrons. The van der Waals surface area contributed by atoms with Crippen LogP contribution in [-0.2, 0) is 4.79 Å². The van der Waals surface area contributed by atoms with Gasteiger partial charge in [-0.15, -0.1) is 5.10 Å². The van der Waals surface area contributed by atoms with Crippen molar-refractivity contribution in [2.24, 2.45) is 0 Å². The molecule has 0 aromatic carbocycles. The average molecular weight is 237 g/mol. The van der Waals surface area contributed by atoms with Gasteiger partial charge in [0, 0.05) is 18.9 Å². The molecular formula is C10H15N5O2. The average Bonchev–Trinajstić information content (AvgIpc) is 2.86. The molecule has 0 saturated carbocycles. The molecule has 1 aromatic heterocycles. The Balaban J connectivity index is 1.97. The van der Waals surface area contributed by atoms with E-state index in [1.807, 2.05) is 13.8 Å². The lowest BCUT2D eigenvalue weighted by Crippen LogP contribution is -2.36. The highest BCUT2D eigenvalue weighted by atomic mass is 16.2. The molecule has 1 saturated heterocycles. The number of hydrogen-bond acceptors (Lipinski definition) is 4.